The van der Waals surface area contributed by atoms with Crippen LogP contribution >= 0.6 is 0 Å². The number of benzene rings is 2. The van der Waals surface area contributed by atoms with E-state index in [2.05, 4.69) is 6.92 Å². The second kappa shape index (κ2) is 7.70. The van der Waals surface area contributed by atoms with Gasteiger partial charge in [0.1, 0.15) is 11.5 Å². The first-order chi connectivity index (χ1) is 10.2. The van der Waals surface area contributed by atoms with Gasteiger partial charge in [-0.05, 0) is 30.2 Å². The van der Waals surface area contributed by atoms with Gasteiger partial charge in [-0.2, -0.15) is 0 Å². The summed E-state index contributed by atoms with van der Waals surface area (Å²) in [5.41, 5.74) is 1.90. The molecule has 0 heterocycles. The lowest BCUT2D eigenvalue weighted by atomic mass is 10.0. The van der Waals surface area contributed by atoms with Gasteiger partial charge in [-0.1, -0.05) is 37.3 Å². The molecule has 3 heteroatoms. The smallest absolute Gasteiger partial charge is 0.125 e. The van der Waals surface area contributed by atoms with E-state index >= 15 is 0 Å². The van der Waals surface area contributed by atoms with Crippen LogP contribution in [0.1, 0.15) is 30.6 Å². The van der Waals surface area contributed by atoms with E-state index in [1.807, 2.05) is 48.5 Å². The molecule has 2 rings (SSSR count). The van der Waals surface area contributed by atoms with Crippen LogP contribution in [-0.2, 0) is 6.42 Å². The van der Waals surface area contributed by atoms with Gasteiger partial charge in [0.05, 0.1) is 19.8 Å². The molecule has 0 aromatic heterocycles. The van der Waals surface area contributed by atoms with Gasteiger partial charge in [-0.3, -0.25) is 0 Å². The Labute approximate surface area is 126 Å². The Kier molecular flexibility index (Phi) is 5.64. The van der Waals surface area contributed by atoms with E-state index in [1.54, 1.807) is 7.11 Å². The molecule has 2 aromatic carbocycles. The Hall–Kier alpha value is -2.00. The summed E-state index contributed by atoms with van der Waals surface area (Å²) in [6, 6.07) is 15.4. The van der Waals surface area contributed by atoms with Crippen LogP contribution in [0.25, 0.3) is 0 Å². The number of rotatable bonds is 7. The highest BCUT2D eigenvalue weighted by Crippen LogP contribution is 2.28. The summed E-state index contributed by atoms with van der Waals surface area (Å²) in [6.07, 6.45) is 0.922. The molecule has 0 bridgehead atoms. The van der Waals surface area contributed by atoms with Crippen molar-refractivity contribution < 1.29 is 14.6 Å². The number of hydrogen-bond acceptors (Lipinski definition) is 3. The third kappa shape index (κ3) is 4.23. The van der Waals surface area contributed by atoms with Crippen LogP contribution in [0.5, 0.6) is 11.5 Å². The molecule has 21 heavy (non-hydrogen) atoms. The van der Waals surface area contributed by atoms with Crippen molar-refractivity contribution >= 4 is 0 Å². The number of hydrogen-bond donors (Lipinski definition) is 1. The number of aliphatic hydroxyl groups is 1. The Balaban J connectivity index is 2.09. The Morgan fingerprint density at radius 3 is 2.43 bits per heavy atom. The van der Waals surface area contributed by atoms with Crippen molar-refractivity contribution in [3.63, 3.8) is 0 Å². The van der Waals surface area contributed by atoms with E-state index in [0.29, 0.717) is 13.0 Å². The van der Waals surface area contributed by atoms with E-state index in [4.69, 9.17) is 9.47 Å². The molecular formula is C18H22O3. The highest BCUT2D eigenvalue weighted by molar-refractivity contribution is 5.36. The summed E-state index contributed by atoms with van der Waals surface area (Å²) >= 11 is 0. The van der Waals surface area contributed by atoms with Crippen molar-refractivity contribution in [1.29, 1.82) is 0 Å². The fraction of sp³-hybridized carbons (Fsp3) is 0.333. The van der Waals surface area contributed by atoms with E-state index in [0.717, 1.165) is 29.0 Å². The van der Waals surface area contributed by atoms with Crippen molar-refractivity contribution in [2.45, 2.75) is 25.9 Å². The van der Waals surface area contributed by atoms with Gasteiger partial charge in [0.15, 0.2) is 0 Å². The predicted molar refractivity (Wildman–Crippen MR) is 83.9 cm³/mol. The van der Waals surface area contributed by atoms with Gasteiger partial charge >= 0.3 is 0 Å². The standard InChI is InChI=1S/C18H22O3/c1-3-12-21-18-7-5-4-6-16(18)17(19)13-14-8-10-15(20-2)11-9-14/h4-11,17,19H,3,12-13H2,1-2H3. The van der Waals surface area contributed by atoms with E-state index < -0.39 is 6.10 Å². The third-order valence-electron chi connectivity index (χ3n) is 3.33. The van der Waals surface area contributed by atoms with E-state index in [1.165, 1.54) is 0 Å². The van der Waals surface area contributed by atoms with Crippen molar-refractivity contribution in [1.82, 2.24) is 0 Å². The largest absolute Gasteiger partial charge is 0.497 e. The second-order valence-electron chi connectivity index (χ2n) is 4.95. The topological polar surface area (TPSA) is 38.7 Å². The maximum atomic E-state index is 10.5. The number of para-hydroxylation sites is 1. The summed E-state index contributed by atoms with van der Waals surface area (Å²) in [5, 5.41) is 10.5. The molecule has 3 nitrogen and oxygen atoms in total. The zero-order valence-electron chi connectivity index (χ0n) is 12.6. The molecule has 0 aliphatic rings. The molecular weight excluding hydrogens is 264 g/mol. The van der Waals surface area contributed by atoms with Crippen LogP contribution in [-0.4, -0.2) is 18.8 Å². The average Bonchev–Trinajstić information content (AvgIpc) is 2.54. The van der Waals surface area contributed by atoms with Gasteiger partial charge in [-0.25, -0.2) is 0 Å². The minimum absolute atomic E-state index is 0.552. The highest BCUT2D eigenvalue weighted by Gasteiger charge is 2.13. The van der Waals surface area contributed by atoms with Crippen LogP contribution in [0.3, 0.4) is 0 Å². The van der Waals surface area contributed by atoms with Crippen LogP contribution in [0, 0.1) is 0 Å². The lowest BCUT2D eigenvalue weighted by molar-refractivity contribution is 0.171. The fourth-order valence-electron chi connectivity index (χ4n) is 2.19. The summed E-state index contributed by atoms with van der Waals surface area (Å²) in [5.74, 6) is 1.58. The summed E-state index contributed by atoms with van der Waals surface area (Å²) in [7, 11) is 1.64. The molecule has 0 fully saturated rings. The minimum Gasteiger partial charge on any atom is -0.497 e. The second-order valence-corrected chi connectivity index (χ2v) is 4.95. The zero-order valence-corrected chi connectivity index (χ0v) is 12.6. The van der Waals surface area contributed by atoms with Gasteiger partial charge in [0.25, 0.3) is 0 Å². The molecule has 1 N–H and O–H groups in total. The van der Waals surface area contributed by atoms with Crippen LogP contribution in [0.15, 0.2) is 48.5 Å². The van der Waals surface area contributed by atoms with Gasteiger partial charge < -0.3 is 14.6 Å². The third-order valence-corrected chi connectivity index (χ3v) is 3.33. The normalized spacial score (nSPS) is 12.0. The number of aliphatic hydroxyl groups excluding tert-OH is 1. The first-order valence-corrected chi connectivity index (χ1v) is 7.27. The number of methoxy groups -OCH3 is 1. The maximum absolute atomic E-state index is 10.5. The van der Waals surface area contributed by atoms with Crippen molar-refractivity contribution in [3.8, 4) is 11.5 Å². The van der Waals surface area contributed by atoms with Crippen LogP contribution < -0.4 is 9.47 Å². The molecule has 2 aromatic rings. The predicted octanol–water partition coefficient (Wildman–Crippen LogP) is 3.76. The van der Waals surface area contributed by atoms with Crippen molar-refractivity contribution in [2.75, 3.05) is 13.7 Å². The molecule has 0 saturated heterocycles. The first-order valence-electron chi connectivity index (χ1n) is 7.27. The summed E-state index contributed by atoms with van der Waals surface area (Å²) in [6.45, 7) is 2.72. The molecule has 112 valence electrons. The molecule has 0 radical (unpaired) electrons. The van der Waals surface area contributed by atoms with Crippen molar-refractivity contribution in [3.05, 3.63) is 59.7 Å². The van der Waals surface area contributed by atoms with Gasteiger partial charge in [0.2, 0.25) is 0 Å². The maximum Gasteiger partial charge on any atom is 0.125 e. The Bertz CT molecular complexity index is 549. The lowest BCUT2D eigenvalue weighted by Gasteiger charge is -2.16. The molecule has 1 atom stereocenters. The Morgan fingerprint density at radius 1 is 1.05 bits per heavy atom. The highest BCUT2D eigenvalue weighted by atomic mass is 16.5. The van der Waals surface area contributed by atoms with Crippen LogP contribution in [0.4, 0.5) is 0 Å². The minimum atomic E-state index is -0.577. The molecule has 0 aliphatic carbocycles. The number of ether oxygens (including phenoxy) is 2. The summed E-state index contributed by atoms with van der Waals surface area (Å²) < 4.78 is 10.8. The van der Waals surface area contributed by atoms with Gasteiger partial charge in [0, 0.05) is 12.0 Å². The average molecular weight is 286 g/mol. The monoisotopic (exact) mass is 286 g/mol. The van der Waals surface area contributed by atoms with Crippen LogP contribution in [0.2, 0.25) is 0 Å². The van der Waals surface area contributed by atoms with E-state index in [9.17, 15) is 5.11 Å². The summed E-state index contributed by atoms with van der Waals surface area (Å²) in [4.78, 5) is 0. The van der Waals surface area contributed by atoms with E-state index in [-0.39, 0.29) is 0 Å². The van der Waals surface area contributed by atoms with Crippen molar-refractivity contribution in [2.24, 2.45) is 0 Å². The fourth-order valence-corrected chi connectivity index (χ4v) is 2.19. The Morgan fingerprint density at radius 2 is 1.76 bits per heavy atom. The zero-order chi connectivity index (χ0) is 15.1. The molecule has 0 aliphatic heterocycles. The molecule has 1 unspecified atom stereocenters. The quantitative estimate of drug-likeness (QED) is 0.842. The first kappa shape index (κ1) is 15.4. The molecule has 0 spiro atoms. The SMILES string of the molecule is CCCOc1ccccc1C(O)Cc1ccc(OC)cc1. The van der Waals surface area contributed by atoms with Gasteiger partial charge in [-0.15, -0.1) is 0 Å². The molecule has 0 saturated carbocycles. The molecule has 0 amide bonds. The lowest BCUT2D eigenvalue weighted by Crippen LogP contribution is -2.06.